The van der Waals surface area contributed by atoms with E-state index in [2.05, 4.69) is 20.8 Å². The summed E-state index contributed by atoms with van der Waals surface area (Å²) in [6.07, 6.45) is 3.33. The van der Waals surface area contributed by atoms with Crippen molar-refractivity contribution in [3.63, 3.8) is 0 Å². The van der Waals surface area contributed by atoms with Gasteiger partial charge >= 0.3 is 0 Å². The summed E-state index contributed by atoms with van der Waals surface area (Å²) >= 11 is 0. The van der Waals surface area contributed by atoms with Crippen LogP contribution in [-0.4, -0.2) is 11.2 Å². The van der Waals surface area contributed by atoms with Gasteiger partial charge < -0.3 is 5.11 Å². The Balaban J connectivity index is 3.55. The number of rotatable bonds is 5. The van der Waals surface area contributed by atoms with Gasteiger partial charge in [0.05, 0.1) is 6.10 Å². The molecule has 0 aromatic heterocycles. The first-order chi connectivity index (χ1) is 5.09. The molecule has 1 radical (unpaired) electrons. The van der Waals surface area contributed by atoms with Crippen molar-refractivity contribution in [1.29, 1.82) is 0 Å². The van der Waals surface area contributed by atoms with E-state index in [9.17, 15) is 5.11 Å². The number of hydrogen-bond acceptors (Lipinski definition) is 1. The highest BCUT2D eigenvalue weighted by Crippen LogP contribution is 2.17. The number of hydrogen-bond donors (Lipinski definition) is 1. The van der Waals surface area contributed by atoms with Crippen LogP contribution >= 0.6 is 0 Å². The van der Waals surface area contributed by atoms with E-state index in [0.29, 0.717) is 5.92 Å². The number of unbranched alkanes of at least 4 members (excludes halogenated alkanes) is 1. The summed E-state index contributed by atoms with van der Waals surface area (Å²) in [6, 6.07) is 0. The molecular weight excluding hydrogens is 136 g/mol. The van der Waals surface area contributed by atoms with E-state index in [1.165, 1.54) is 12.8 Å². The molecule has 0 aliphatic heterocycles. The molecule has 0 aliphatic carbocycles. The second kappa shape index (κ2) is 5.59. The highest BCUT2D eigenvalue weighted by molar-refractivity contribution is 4.71. The molecule has 0 rings (SSSR count). The van der Waals surface area contributed by atoms with Gasteiger partial charge in [-0.2, -0.15) is 0 Å². The van der Waals surface area contributed by atoms with Gasteiger partial charge in [-0.1, -0.05) is 33.6 Å². The van der Waals surface area contributed by atoms with Gasteiger partial charge in [-0.15, -0.1) is 0 Å². The molecule has 0 aliphatic rings. The molecule has 1 heteroatoms. The topological polar surface area (TPSA) is 20.2 Å². The van der Waals surface area contributed by atoms with E-state index in [1.807, 2.05) is 6.92 Å². The van der Waals surface area contributed by atoms with Crippen molar-refractivity contribution < 1.29 is 5.11 Å². The molecule has 0 spiro atoms. The Morgan fingerprint density at radius 2 is 1.91 bits per heavy atom. The van der Waals surface area contributed by atoms with Crippen LogP contribution < -0.4 is 0 Å². The van der Waals surface area contributed by atoms with E-state index >= 15 is 0 Å². The lowest BCUT2D eigenvalue weighted by Crippen LogP contribution is -2.23. The first-order valence-corrected chi connectivity index (χ1v) is 4.60. The monoisotopic (exact) mass is 157 g/mol. The molecule has 0 heterocycles. The predicted molar refractivity (Wildman–Crippen MR) is 49.2 cm³/mol. The van der Waals surface area contributed by atoms with E-state index < -0.39 is 0 Å². The third-order valence-electron chi connectivity index (χ3n) is 2.18. The number of aliphatic hydroxyl groups is 1. The van der Waals surface area contributed by atoms with Crippen LogP contribution in [0.25, 0.3) is 0 Å². The molecule has 0 bridgehead atoms. The maximum absolute atomic E-state index is 9.56. The van der Waals surface area contributed by atoms with Crippen molar-refractivity contribution >= 4 is 0 Å². The van der Waals surface area contributed by atoms with E-state index in [0.717, 1.165) is 6.42 Å². The van der Waals surface area contributed by atoms with Gasteiger partial charge in [0.1, 0.15) is 0 Å². The van der Waals surface area contributed by atoms with Gasteiger partial charge in [-0.25, -0.2) is 0 Å². The van der Waals surface area contributed by atoms with Crippen molar-refractivity contribution in [3.8, 4) is 0 Å². The van der Waals surface area contributed by atoms with Crippen LogP contribution in [0.1, 0.15) is 40.0 Å². The van der Waals surface area contributed by atoms with Crippen LogP contribution in [0.5, 0.6) is 0 Å². The van der Waals surface area contributed by atoms with Gasteiger partial charge in [0.2, 0.25) is 0 Å². The van der Waals surface area contributed by atoms with Crippen molar-refractivity contribution in [2.24, 2.45) is 11.8 Å². The lowest BCUT2D eigenvalue weighted by molar-refractivity contribution is 0.0769. The first-order valence-electron chi connectivity index (χ1n) is 4.60. The molecule has 3 unspecified atom stereocenters. The summed E-state index contributed by atoms with van der Waals surface area (Å²) in [7, 11) is 0. The van der Waals surface area contributed by atoms with E-state index in [1.54, 1.807) is 0 Å². The van der Waals surface area contributed by atoms with Crippen molar-refractivity contribution in [2.75, 3.05) is 0 Å². The van der Waals surface area contributed by atoms with Crippen LogP contribution in [0.4, 0.5) is 0 Å². The molecule has 0 fully saturated rings. The van der Waals surface area contributed by atoms with Crippen molar-refractivity contribution in [1.82, 2.24) is 0 Å². The fourth-order valence-electron chi connectivity index (χ4n) is 1.26. The molecule has 11 heavy (non-hydrogen) atoms. The molecule has 0 amide bonds. The Morgan fingerprint density at radius 1 is 1.36 bits per heavy atom. The number of aliphatic hydroxyl groups excluding tert-OH is 1. The SMILES string of the molecule is [CH2]C(C)C(O)C(C)CCCC. The average molecular weight is 157 g/mol. The minimum Gasteiger partial charge on any atom is -0.393 e. The Morgan fingerprint density at radius 3 is 2.27 bits per heavy atom. The largest absolute Gasteiger partial charge is 0.393 e. The molecule has 0 aromatic carbocycles. The molecule has 0 saturated carbocycles. The first kappa shape index (κ1) is 11.0. The summed E-state index contributed by atoms with van der Waals surface area (Å²) in [5, 5.41) is 9.56. The van der Waals surface area contributed by atoms with E-state index in [4.69, 9.17) is 0 Å². The maximum atomic E-state index is 9.56. The highest BCUT2D eigenvalue weighted by Gasteiger charge is 2.16. The lowest BCUT2D eigenvalue weighted by Gasteiger charge is -2.21. The average Bonchev–Trinajstić information content (AvgIpc) is 1.98. The summed E-state index contributed by atoms with van der Waals surface area (Å²) in [5.74, 6) is 0.560. The van der Waals surface area contributed by atoms with Gasteiger partial charge in [0, 0.05) is 0 Å². The second-order valence-electron chi connectivity index (χ2n) is 3.59. The summed E-state index contributed by atoms with van der Waals surface area (Å²) in [4.78, 5) is 0. The van der Waals surface area contributed by atoms with Gasteiger partial charge in [0.15, 0.2) is 0 Å². The molecule has 0 saturated heterocycles. The van der Waals surface area contributed by atoms with Gasteiger partial charge in [0.25, 0.3) is 0 Å². The lowest BCUT2D eigenvalue weighted by atomic mass is 9.91. The Hall–Kier alpha value is -0.0400. The molecule has 67 valence electrons. The normalized spacial score (nSPS) is 16.9. The smallest absolute Gasteiger partial charge is 0.0591 e. The molecule has 3 atom stereocenters. The van der Waals surface area contributed by atoms with Crippen LogP contribution in [0.3, 0.4) is 0 Å². The van der Waals surface area contributed by atoms with Crippen molar-refractivity contribution in [2.45, 2.75) is 46.1 Å². The summed E-state index contributed by atoms with van der Waals surface area (Å²) in [6.45, 7) is 10.1. The van der Waals surface area contributed by atoms with Crippen LogP contribution in [0, 0.1) is 18.8 Å². The standard InChI is InChI=1S/C10H21O/c1-5-6-7-9(4)10(11)8(2)3/h8-11H,2,5-7H2,1,3-4H3. The zero-order chi connectivity index (χ0) is 8.85. The molecule has 1 N–H and O–H groups in total. The summed E-state index contributed by atoms with van der Waals surface area (Å²) in [5.41, 5.74) is 0. The quantitative estimate of drug-likeness (QED) is 0.650. The predicted octanol–water partition coefficient (Wildman–Crippen LogP) is 2.64. The van der Waals surface area contributed by atoms with E-state index in [-0.39, 0.29) is 12.0 Å². The van der Waals surface area contributed by atoms with Gasteiger partial charge in [-0.3, -0.25) is 0 Å². The third kappa shape index (κ3) is 4.41. The highest BCUT2D eigenvalue weighted by atomic mass is 16.3. The molecular formula is C10H21O. The Labute approximate surface area is 70.8 Å². The van der Waals surface area contributed by atoms with Crippen LogP contribution in [0.15, 0.2) is 0 Å². The summed E-state index contributed by atoms with van der Waals surface area (Å²) < 4.78 is 0. The zero-order valence-electron chi connectivity index (χ0n) is 8.01. The maximum Gasteiger partial charge on any atom is 0.0591 e. The minimum absolute atomic E-state index is 0.154. The van der Waals surface area contributed by atoms with Crippen LogP contribution in [0.2, 0.25) is 0 Å². The van der Waals surface area contributed by atoms with Crippen LogP contribution in [-0.2, 0) is 0 Å². The van der Waals surface area contributed by atoms with Crippen molar-refractivity contribution in [3.05, 3.63) is 6.92 Å². The zero-order valence-corrected chi connectivity index (χ0v) is 8.01. The molecule has 1 nitrogen and oxygen atoms in total. The Bertz CT molecular complexity index is 88.9. The second-order valence-corrected chi connectivity index (χ2v) is 3.59. The van der Waals surface area contributed by atoms with Gasteiger partial charge in [-0.05, 0) is 25.2 Å². The fraction of sp³-hybridized carbons (Fsp3) is 0.900. The Kier molecular flexibility index (Phi) is 5.57. The third-order valence-corrected chi connectivity index (χ3v) is 2.18. The minimum atomic E-state index is -0.221. The fourth-order valence-corrected chi connectivity index (χ4v) is 1.26. The molecule has 0 aromatic rings.